The fraction of sp³-hybridized carbons (Fsp3) is 0.562. The predicted octanol–water partition coefficient (Wildman–Crippen LogP) is 1.45. The second kappa shape index (κ2) is 6.09. The zero-order valence-corrected chi connectivity index (χ0v) is 13.9. The average Bonchev–Trinajstić information content (AvgIpc) is 3.33. The molecule has 3 rings (SSSR count). The molecule has 0 unspecified atom stereocenters. The summed E-state index contributed by atoms with van der Waals surface area (Å²) in [6, 6.07) is 4.44. The van der Waals surface area contributed by atoms with Crippen LogP contribution in [-0.2, 0) is 14.8 Å². The number of nitrogens with zero attached hydrogens (tertiary/aromatic N) is 1. The van der Waals surface area contributed by atoms with Crippen molar-refractivity contribution in [1.82, 2.24) is 4.31 Å². The van der Waals surface area contributed by atoms with E-state index in [0.29, 0.717) is 0 Å². The summed E-state index contributed by atoms with van der Waals surface area (Å²) in [6.45, 7) is -0.222. The molecule has 24 heavy (non-hydrogen) atoms. The summed E-state index contributed by atoms with van der Waals surface area (Å²) in [5.74, 6) is -1.48. The van der Waals surface area contributed by atoms with Crippen LogP contribution in [0.15, 0.2) is 29.2 Å². The van der Waals surface area contributed by atoms with Crippen LogP contribution in [0.1, 0.15) is 25.7 Å². The lowest BCUT2D eigenvalue weighted by atomic mass is 9.74. The van der Waals surface area contributed by atoms with E-state index in [1.807, 2.05) is 0 Å². The smallest absolute Gasteiger partial charge is 0.313 e. The minimum absolute atomic E-state index is 0.0422. The Labute approximate surface area is 140 Å². The molecule has 8 heteroatoms. The lowest BCUT2D eigenvalue weighted by Gasteiger charge is -2.42. The molecule has 1 saturated carbocycles. The highest BCUT2D eigenvalue weighted by Gasteiger charge is 2.53. The number of carboxylic acids is 1. The van der Waals surface area contributed by atoms with Gasteiger partial charge >= 0.3 is 5.97 Å². The van der Waals surface area contributed by atoms with Gasteiger partial charge in [-0.2, -0.15) is 4.31 Å². The van der Waals surface area contributed by atoms with Gasteiger partial charge in [0, 0.05) is 13.1 Å². The number of piperidine rings is 1. The number of rotatable bonds is 5. The summed E-state index contributed by atoms with van der Waals surface area (Å²) >= 11 is 0. The minimum Gasteiger partial charge on any atom is -0.481 e. The van der Waals surface area contributed by atoms with Gasteiger partial charge in [0.15, 0.2) is 0 Å². The van der Waals surface area contributed by atoms with Crippen molar-refractivity contribution in [2.24, 2.45) is 11.3 Å². The standard InChI is InChI=1S/C16H20FNO5S/c17-12-3-5-13(6-4-12)24(22,23)18-8-7-14(19)16(10-18,15(20)21)9-11-1-2-11/h3-6,11,14,19H,1-2,7-10H2,(H,20,21)/t14-,16-/m0/s1. The third kappa shape index (κ3) is 3.05. The normalized spacial score (nSPS) is 28.7. The van der Waals surface area contributed by atoms with Gasteiger partial charge < -0.3 is 10.2 Å². The van der Waals surface area contributed by atoms with E-state index in [4.69, 9.17) is 0 Å². The molecule has 2 fully saturated rings. The van der Waals surface area contributed by atoms with E-state index in [1.165, 1.54) is 12.1 Å². The third-order valence-corrected chi connectivity index (χ3v) is 6.83. The van der Waals surface area contributed by atoms with E-state index in [1.54, 1.807) is 0 Å². The van der Waals surface area contributed by atoms with Gasteiger partial charge in [0.2, 0.25) is 10.0 Å². The first-order chi connectivity index (χ1) is 11.3. The SMILES string of the molecule is O=C(O)[C@@]1(CC2CC2)CN(S(=O)(=O)c2ccc(F)cc2)CC[C@@H]1O. The van der Waals surface area contributed by atoms with Crippen LogP contribution in [0.3, 0.4) is 0 Å². The van der Waals surface area contributed by atoms with Crippen molar-refractivity contribution in [3.63, 3.8) is 0 Å². The zero-order valence-electron chi connectivity index (χ0n) is 13.1. The molecule has 0 bridgehead atoms. The molecule has 1 saturated heterocycles. The number of halogens is 1. The number of hydrogen-bond acceptors (Lipinski definition) is 4. The quantitative estimate of drug-likeness (QED) is 0.832. The van der Waals surface area contributed by atoms with Gasteiger partial charge in [0.25, 0.3) is 0 Å². The summed E-state index contributed by atoms with van der Waals surface area (Å²) in [5, 5.41) is 20.0. The van der Waals surface area contributed by atoms with Crippen LogP contribution in [0.25, 0.3) is 0 Å². The molecule has 1 aromatic rings. The topological polar surface area (TPSA) is 94.9 Å². The summed E-state index contributed by atoms with van der Waals surface area (Å²) < 4.78 is 39.6. The summed E-state index contributed by atoms with van der Waals surface area (Å²) in [7, 11) is -3.93. The van der Waals surface area contributed by atoms with Crippen molar-refractivity contribution in [3.05, 3.63) is 30.1 Å². The van der Waals surface area contributed by atoms with Crippen LogP contribution < -0.4 is 0 Å². The minimum atomic E-state index is -3.93. The summed E-state index contributed by atoms with van der Waals surface area (Å²) in [5.41, 5.74) is -1.48. The molecule has 2 atom stereocenters. The number of carbonyl (C=O) groups is 1. The molecule has 2 N–H and O–H groups in total. The lowest BCUT2D eigenvalue weighted by Crippen LogP contribution is -2.57. The monoisotopic (exact) mass is 357 g/mol. The van der Waals surface area contributed by atoms with Crippen molar-refractivity contribution < 1.29 is 27.8 Å². The number of aliphatic hydroxyl groups is 1. The average molecular weight is 357 g/mol. The van der Waals surface area contributed by atoms with E-state index in [0.717, 1.165) is 29.3 Å². The highest BCUT2D eigenvalue weighted by Crippen LogP contribution is 2.45. The molecule has 1 aromatic carbocycles. The van der Waals surface area contributed by atoms with Gasteiger partial charge in [-0.05, 0) is 43.0 Å². The number of aliphatic carboxylic acids is 1. The molecule has 0 spiro atoms. The molecule has 0 amide bonds. The summed E-state index contributed by atoms with van der Waals surface area (Å²) in [6.07, 6.45) is 1.09. The predicted molar refractivity (Wildman–Crippen MR) is 83.2 cm³/mol. The number of aliphatic hydroxyl groups excluding tert-OH is 1. The second-order valence-corrected chi connectivity index (χ2v) is 8.64. The van der Waals surface area contributed by atoms with Crippen LogP contribution in [0.5, 0.6) is 0 Å². The fourth-order valence-corrected chi connectivity index (χ4v) is 4.86. The van der Waals surface area contributed by atoms with Gasteiger partial charge in [-0.25, -0.2) is 12.8 Å². The van der Waals surface area contributed by atoms with E-state index < -0.39 is 33.3 Å². The third-order valence-electron chi connectivity index (χ3n) is 4.98. The molecule has 0 aromatic heterocycles. The lowest BCUT2D eigenvalue weighted by molar-refractivity contribution is -0.162. The molecule has 1 aliphatic heterocycles. The molecule has 1 aliphatic carbocycles. The molecule has 2 aliphatic rings. The first-order valence-electron chi connectivity index (χ1n) is 7.93. The first-order valence-corrected chi connectivity index (χ1v) is 9.37. The number of carboxylic acid groups (broad SMARTS) is 1. The Balaban J connectivity index is 1.91. The molecule has 6 nitrogen and oxygen atoms in total. The van der Waals surface area contributed by atoms with Crippen molar-refractivity contribution in [2.75, 3.05) is 13.1 Å². The number of benzene rings is 1. The zero-order chi connectivity index (χ0) is 17.5. The van der Waals surface area contributed by atoms with Crippen LogP contribution >= 0.6 is 0 Å². The maximum Gasteiger partial charge on any atom is 0.313 e. The Kier molecular flexibility index (Phi) is 4.39. The maximum absolute atomic E-state index is 13.0. The Morgan fingerprint density at radius 1 is 1.25 bits per heavy atom. The van der Waals surface area contributed by atoms with E-state index in [2.05, 4.69) is 0 Å². The van der Waals surface area contributed by atoms with E-state index >= 15 is 0 Å². The van der Waals surface area contributed by atoms with Gasteiger partial charge in [0.05, 0.1) is 11.0 Å². The maximum atomic E-state index is 13.0. The largest absolute Gasteiger partial charge is 0.481 e. The summed E-state index contributed by atoms with van der Waals surface area (Å²) in [4.78, 5) is 11.8. The number of sulfonamides is 1. The van der Waals surface area contributed by atoms with Crippen LogP contribution in [0.4, 0.5) is 4.39 Å². The molecule has 1 heterocycles. The second-order valence-electron chi connectivity index (χ2n) is 6.71. The van der Waals surface area contributed by atoms with E-state index in [-0.39, 0.29) is 36.7 Å². The van der Waals surface area contributed by atoms with Crippen LogP contribution in [0.2, 0.25) is 0 Å². The first kappa shape index (κ1) is 17.3. The molecule has 0 radical (unpaired) electrons. The van der Waals surface area contributed by atoms with Crippen LogP contribution in [0, 0.1) is 17.2 Å². The van der Waals surface area contributed by atoms with Gasteiger partial charge in [-0.15, -0.1) is 0 Å². The van der Waals surface area contributed by atoms with Crippen LogP contribution in [-0.4, -0.2) is 48.1 Å². The Morgan fingerprint density at radius 3 is 2.42 bits per heavy atom. The highest BCUT2D eigenvalue weighted by molar-refractivity contribution is 7.89. The van der Waals surface area contributed by atoms with E-state index in [9.17, 15) is 27.8 Å². The Hall–Kier alpha value is -1.51. The number of hydrogen-bond donors (Lipinski definition) is 2. The molecular formula is C16H20FNO5S. The van der Waals surface area contributed by atoms with Crippen molar-refractivity contribution in [2.45, 2.75) is 36.7 Å². The van der Waals surface area contributed by atoms with Gasteiger partial charge in [-0.1, -0.05) is 12.8 Å². The Bertz CT molecular complexity index is 731. The molecular weight excluding hydrogens is 337 g/mol. The Morgan fingerprint density at radius 2 is 1.88 bits per heavy atom. The van der Waals surface area contributed by atoms with Crippen molar-refractivity contribution in [3.8, 4) is 0 Å². The van der Waals surface area contributed by atoms with Crippen molar-refractivity contribution >= 4 is 16.0 Å². The van der Waals surface area contributed by atoms with Gasteiger partial charge in [-0.3, -0.25) is 4.79 Å². The van der Waals surface area contributed by atoms with Crippen molar-refractivity contribution in [1.29, 1.82) is 0 Å². The highest BCUT2D eigenvalue weighted by atomic mass is 32.2. The fourth-order valence-electron chi connectivity index (χ4n) is 3.34. The molecule has 132 valence electrons. The van der Waals surface area contributed by atoms with Gasteiger partial charge in [0.1, 0.15) is 11.2 Å².